The molecule has 0 atom stereocenters. The average molecular weight is 254 g/mol. The Bertz CT molecular complexity index is 644. The maximum atomic E-state index is 10.9. The Morgan fingerprint density at radius 3 is 2.42 bits per heavy atom. The Hall–Kier alpha value is -2.91. The second-order valence-electron chi connectivity index (χ2n) is 3.66. The van der Waals surface area contributed by atoms with E-state index >= 15 is 0 Å². The van der Waals surface area contributed by atoms with Crippen molar-refractivity contribution in [1.29, 1.82) is 0 Å². The second-order valence-corrected chi connectivity index (χ2v) is 3.66. The molecular formula is C14H10N2O3. The maximum Gasteiger partial charge on any atom is 0.248 e. The van der Waals surface area contributed by atoms with Gasteiger partial charge < -0.3 is 10.5 Å². The van der Waals surface area contributed by atoms with Gasteiger partial charge in [-0.25, -0.2) is 4.79 Å². The zero-order valence-electron chi connectivity index (χ0n) is 9.87. The van der Waals surface area contributed by atoms with Gasteiger partial charge in [-0.3, -0.25) is 4.79 Å². The van der Waals surface area contributed by atoms with Gasteiger partial charge in [0, 0.05) is 5.56 Å². The molecule has 0 spiro atoms. The Balaban J connectivity index is 2.26. The lowest BCUT2D eigenvalue weighted by molar-refractivity contribution is 0.100. The number of hydrogen-bond donors (Lipinski definition) is 1. The fraction of sp³-hybridized carbons (Fsp3) is 0. The standard InChI is InChI=1S/C14H10N2O3/c15-14(18)10-5-7-11(8-6-10)19-13-4-2-1-3-12(13)16-9-17/h1-8H,(H2,15,18). The monoisotopic (exact) mass is 254 g/mol. The third-order valence-electron chi connectivity index (χ3n) is 2.40. The van der Waals surface area contributed by atoms with Gasteiger partial charge in [-0.15, -0.1) is 0 Å². The molecule has 0 saturated carbocycles. The van der Waals surface area contributed by atoms with Gasteiger partial charge in [0.15, 0.2) is 5.75 Å². The zero-order valence-corrected chi connectivity index (χ0v) is 9.87. The quantitative estimate of drug-likeness (QED) is 0.672. The predicted octanol–water partition coefficient (Wildman–Crippen LogP) is 2.55. The molecular weight excluding hydrogens is 244 g/mol. The van der Waals surface area contributed by atoms with Gasteiger partial charge in [-0.05, 0) is 36.4 Å². The number of hydrogen-bond acceptors (Lipinski definition) is 4. The molecule has 94 valence electrons. The topological polar surface area (TPSA) is 81.8 Å². The summed E-state index contributed by atoms with van der Waals surface area (Å²) >= 11 is 0. The van der Waals surface area contributed by atoms with E-state index in [1.165, 1.54) is 6.08 Å². The summed E-state index contributed by atoms with van der Waals surface area (Å²) in [6, 6.07) is 13.2. The molecule has 0 bridgehead atoms. The van der Waals surface area contributed by atoms with Crippen molar-refractivity contribution in [3.63, 3.8) is 0 Å². The van der Waals surface area contributed by atoms with Gasteiger partial charge in [-0.1, -0.05) is 12.1 Å². The van der Waals surface area contributed by atoms with Crippen molar-refractivity contribution in [3.05, 3.63) is 54.1 Å². The summed E-state index contributed by atoms with van der Waals surface area (Å²) in [5, 5.41) is 0. The van der Waals surface area contributed by atoms with Gasteiger partial charge >= 0.3 is 0 Å². The minimum absolute atomic E-state index is 0.386. The van der Waals surface area contributed by atoms with Crippen LogP contribution in [0, 0.1) is 0 Å². The number of aliphatic imine (C=N–C) groups is 1. The summed E-state index contributed by atoms with van der Waals surface area (Å²) in [5.41, 5.74) is 5.92. The van der Waals surface area contributed by atoms with Crippen LogP contribution in [0.5, 0.6) is 11.5 Å². The van der Waals surface area contributed by atoms with Crippen molar-refractivity contribution in [2.75, 3.05) is 0 Å². The van der Waals surface area contributed by atoms with Crippen LogP contribution < -0.4 is 10.5 Å². The van der Waals surface area contributed by atoms with E-state index in [1.54, 1.807) is 48.5 Å². The van der Waals surface area contributed by atoms with Crippen molar-refractivity contribution in [2.24, 2.45) is 10.7 Å². The van der Waals surface area contributed by atoms with Crippen LogP contribution in [0.1, 0.15) is 10.4 Å². The molecule has 0 radical (unpaired) electrons. The van der Waals surface area contributed by atoms with E-state index in [1.807, 2.05) is 0 Å². The van der Waals surface area contributed by atoms with Crippen LogP contribution >= 0.6 is 0 Å². The Morgan fingerprint density at radius 2 is 1.79 bits per heavy atom. The first-order chi connectivity index (χ1) is 9.20. The number of para-hydroxylation sites is 2. The van der Waals surface area contributed by atoms with Crippen LogP contribution in [0.4, 0.5) is 5.69 Å². The van der Waals surface area contributed by atoms with Gasteiger partial charge in [0.05, 0.1) is 0 Å². The lowest BCUT2D eigenvalue weighted by Crippen LogP contribution is -2.10. The SMILES string of the molecule is NC(=O)c1ccc(Oc2ccccc2N=C=O)cc1. The third-order valence-corrected chi connectivity index (χ3v) is 2.40. The van der Waals surface area contributed by atoms with E-state index in [0.717, 1.165) is 0 Å². The average Bonchev–Trinajstić information content (AvgIpc) is 2.42. The summed E-state index contributed by atoms with van der Waals surface area (Å²) in [6.45, 7) is 0. The third kappa shape index (κ3) is 3.06. The molecule has 0 aliphatic carbocycles. The minimum atomic E-state index is -0.502. The number of carbonyl (C=O) groups is 1. The molecule has 19 heavy (non-hydrogen) atoms. The van der Waals surface area contributed by atoms with Crippen LogP contribution in [0.2, 0.25) is 0 Å². The van der Waals surface area contributed by atoms with E-state index in [0.29, 0.717) is 22.7 Å². The van der Waals surface area contributed by atoms with Gasteiger partial charge in [0.1, 0.15) is 11.4 Å². The molecule has 0 aromatic heterocycles. The molecule has 2 N–H and O–H groups in total. The highest BCUT2D eigenvalue weighted by molar-refractivity contribution is 5.92. The summed E-state index contributed by atoms with van der Waals surface area (Å²) in [6.07, 6.45) is 1.47. The van der Waals surface area contributed by atoms with Crippen LogP contribution in [0.3, 0.4) is 0 Å². The summed E-state index contributed by atoms with van der Waals surface area (Å²) in [7, 11) is 0. The molecule has 0 fully saturated rings. The fourth-order valence-electron chi connectivity index (χ4n) is 1.50. The summed E-state index contributed by atoms with van der Waals surface area (Å²) in [5.74, 6) is 0.439. The van der Waals surface area contributed by atoms with Crippen molar-refractivity contribution >= 4 is 17.7 Å². The first kappa shape index (κ1) is 12.5. The minimum Gasteiger partial charge on any atom is -0.455 e. The normalized spacial score (nSPS) is 9.47. The molecule has 0 saturated heterocycles. The van der Waals surface area contributed by atoms with Crippen molar-refractivity contribution in [1.82, 2.24) is 0 Å². The molecule has 0 aliphatic rings. The van der Waals surface area contributed by atoms with Crippen molar-refractivity contribution < 1.29 is 14.3 Å². The lowest BCUT2D eigenvalue weighted by atomic mass is 10.2. The Labute approximate surface area is 109 Å². The van der Waals surface area contributed by atoms with Crippen molar-refractivity contribution in [3.8, 4) is 11.5 Å². The second kappa shape index (κ2) is 5.62. The number of carbonyl (C=O) groups excluding carboxylic acids is 2. The molecule has 1 amide bonds. The van der Waals surface area contributed by atoms with E-state index in [9.17, 15) is 9.59 Å². The number of benzene rings is 2. The van der Waals surface area contributed by atoms with E-state index in [2.05, 4.69) is 4.99 Å². The highest BCUT2D eigenvalue weighted by atomic mass is 16.5. The number of nitrogens with two attached hydrogens (primary N) is 1. The molecule has 2 aromatic rings. The van der Waals surface area contributed by atoms with Crippen LogP contribution in [-0.4, -0.2) is 12.0 Å². The van der Waals surface area contributed by atoms with Crippen LogP contribution in [0.15, 0.2) is 53.5 Å². The molecule has 5 heteroatoms. The first-order valence-corrected chi connectivity index (χ1v) is 5.45. The number of nitrogens with zero attached hydrogens (tertiary/aromatic N) is 1. The van der Waals surface area contributed by atoms with Gasteiger partial charge in [0.25, 0.3) is 0 Å². The van der Waals surface area contributed by atoms with E-state index < -0.39 is 5.91 Å². The first-order valence-electron chi connectivity index (χ1n) is 5.45. The van der Waals surface area contributed by atoms with E-state index in [-0.39, 0.29) is 0 Å². The fourth-order valence-corrected chi connectivity index (χ4v) is 1.50. The van der Waals surface area contributed by atoms with Crippen molar-refractivity contribution in [2.45, 2.75) is 0 Å². The number of ether oxygens (including phenoxy) is 1. The van der Waals surface area contributed by atoms with Crippen LogP contribution in [0.25, 0.3) is 0 Å². The van der Waals surface area contributed by atoms with Crippen LogP contribution in [-0.2, 0) is 4.79 Å². The van der Waals surface area contributed by atoms with Gasteiger partial charge in [0.2, 0.25) is 12.0 Å². The van der Waals surface area contributed by atoms with E-state index in [4.69, 9.17) is 10.5 Å². The number of isocyanates is 1. The Morgan fingerprint density at radius 1 is 1.11 bits per heavy atom. The lowest BCUT2D eigenvalue weighted by Gasteiger charge is -2.07. The summed E-state index contributed by atoms with van der Waals surface area (Å²) in [4.78, 5) is 24.8. The molecule has 0 aliphatic heterocycles. The highest BCUT2D eigenvalue weighted by Crippen LogP contribution is 2.31. The molecule has 2 rings (SSSR count). The molecule has 0 heterocycles. The molecule has 0 unspecified atom stereocenters. The largest absolute Gasteiger partial charge is 0.455 e. The highest BCUT2D eigenvalue weighted by Gasteiger charge is 2.04. The predicted molar refractivity (Wildman–Crippen MR) is 69.3 cm³/mol. The molecule has 5 nitrogen and oxygen atoms in total. The number of primary amides is 1. The number of rotatable bonds is 4. The van der Waals surface area contributed by atoms with Gasteiger partial charge in [-0.2, -0.15) is 4.99 Å². The number of amides is 1. The maximum absolute atomic E-state index is 10.9. The smallest absolute Gasteiger partial charge is 0.248 e. The zero-order chi connectivity index (χ0) is 13.7. The summed E-state index contributed by atoms with van der Waals surface area (Å²) < 4.78 is 5.57. The Kier molecular flexibility index (Phi) is 3.71. The molecule has 2 aromatic carbocycles.